The van der Waals surface area contributed by atoms with Gasteiger partial charge in [0.25, 0.3) is 5.91 Å². The molecule has 0 radical (unpaired) electrons. The van der Waals surface area contributed by atoms with Crippen LogP contribution in [0.5, 0.6) is 5.75 Å². The Labute approximate surface area is 177 Å². The number of ether oxygens (including phenoxy) is 1. The summed E-state index contributed by atoms with van der Waals surface area (Å²) in [4.78, 5) is 12.1. The Morgan fingerprint density at radius 3 is 2.37 bits per heavy atom. The standard InChI is InChI=1S/C20H19ClF2N2O4S/c21-16-6-5-15(7-17(16)23)29-8-18(26)24-19-10-20(11-19,12-19)25-30(27,28)9-13-1-3-14(22)4-2-13/h1-7,25H,8-12H2,(H,24,26). The Kier molecular flexibility index (Phi) is 5.24. The molecule has 0 spiro atoms. The van der Waals surface area contributed by atoms with Crippen LogP contribution in [-0.4, -0.2) is 32.0 Å². The first-order valence-electron chi connectivity index (χ1n) is 9.23. The van der Waals surface area contributed by atoms with Crippen LogP contribution in [0.15, 0.2) is 42.5 Å². The zero-order valence-electron chi connectivity index (χ0n) is 15.8. The van der Waals surface area contributed by atoms with E-state index < -0.39 is 32.7 Å². The Hall–Kier alpha value is -2.23. The van der Waals surface area contributed by atoms with Crippen LogP contribution in [0.1, 0.15) is 24.8 Å². The summed E-state index contributed by atoms with van der Waals surface area (Å²) in [7, 11) is -3.59. The van der Waals surface area contributed by atoms with Gasteiger partial charge in [0.15, 0.2) is 6.61 Å². The van der Waals surface area contributed by atoms with E-state index in [9.17, 15) is 22.0 Å². The van der Waals surface area contributed by atoms with E-state index in [2.05, 4.69) is 10.0 Å². The van der Waals surface area contributed by atoms with Crippen molar-refractivity contribution in [1.29, 1.82) is 0 Å². The molecule has 30 heavy (non-hydrogen) atoms. The van der Waals surface area contributed by atoms with E-state index in [4.69, 9.17) is 16.3 Å². The summed E-state index contributed by atoms with van der Waals surface area (Å²) in [5, 5.41) is 2.83. The highest BCUT2D eigenvalue weighted by molar-refractivity contribution is 7.88. The molecule has 0 aliphatic heterocycles. The van der Waals surface area contributed by atoms with Crippen LogP contribution in [0.2, 0.25) is 5.02 Å². The molecule has 3 aliphatic rings. The van der Waals surface area contributed by atoms with E-state index in [1.54, 1.807) is 0 Å². The minimum absolute atomic E-state index is 0.0344. The highest BCUT2D eigenvalue weighted by Gasteiger charge is 2.69. The predicted molar refractivity (Wildman–Crippen MR) is 107 cm³/mol. The summed E-state index contributed by atoms with van der Waals surface area (Å²) in [5.74, 6) is -1.47. The zero-order chi connectivity index (χ0) is 21.6. The van der Waals surface area contributed by atoms with Crippen LogP contribution in [0.25, 0.3) is 0 Å². The van der Waals surface area contributed by atoms with Crippen molar-refractivity contribution in [1.82, 2.24) is 10.0 Å². The molecule has 3 aliphatic carbocycles. The zero-order valence-corrected chi connectivity index (χ0v) is 17.3. The van der Waals surface area contributed by atoms with E-state index in [1.165, 1.54) is 36.4 Å². The van der Waals surface area contributed by atoms with Crippen molar-refractivity contribution in [2.45, 2.75) is 36.1 Å². The number of hydrogen-bond donors (Lipinski definition) is 2. The Morgan fingerprint density at radius 1 is 1.07 bits per heavy atom. The highest BCUT2D eigenvalue weighted by Crippen LogP contribution is 2.60. The molecule has 5 rings (SSSR count). The van der Waals surface area contributed by atoms with Gasteiger partial charge in [0.1, 0.15) is 17.4 Å². The summed E-state index contributed by atoms with van der Waals surface area (Å²) in [6.45, 7) is -0.286. The molecule has 10 heteroatoms. The van der Waals surface area contributed by atoms with Gasteiger partial charge in [-0.2, -0.15) is 0 Å². The Balaban J connectivity index is 1.24. The second-order valence-corrected chi connectivity index (χ2v) is 10.1. The molecule has 1 amide bonds. The van der Waals surface area contributed by atoms with Crippen molar-refractivity contribution in [3.05, 3.63) is 64.7 Å². The maximum Gasteiger partial charge on any atom is 0.258 e. The summed E-state index contributed by atoms with van der Waals surface area (Å²) < 4.78 is 59.1. The molecule has 2 N–H and O–H groups in total. The van der Waals surface area contributed by atoms with Gasteiger partial charge in [-0.1, -0.05) is 23.7 Å². The summed E-state index contributed by atoms with van der Waals surface area (Å²) in [5.41, 5.74) is -0.495. The fourth-order valence-corrected chi connectivity index (χ4v) is 5.94. The number of sulfonamides is 1. The molecular weight excluding hydrogens is 438 g/mol. The molecule has 2 bridgehead atoms. The predicted octanol–water partition coefficient (Wildman–Crippen LogP) is 2.91. The molecule has 0 unspecified atom stereocenters. The van der Waals surface area contributed by atoms with Gasteiger partial charge < -0.3 is 10.1 Å². The van der Waals surface area contributed by atoms with Crippen LogP contribution in [-0.2, 0) is 20.6 Å². The quantitative estimate of drug-likeness (QED) is 0.639. The number of rotatable bonds is 8. The van der Waals surface area contributed by atoms with Gasteiger partial charge in [-0.05, 0) is 49.1 Å². The maximum atomic E-state index is 13.4. The largest absolute Gasteiger partial charge is 0.484 e. The third kappa shape index (κ3) is 4.43. The second-order valence-electron chi connectivity index (χ2n) is 7.99. The third-order valence-corrected chi connectivity index (χ3v) is 7.10. The monoisotopic (exact) mass is 456 g/mol. The van der Waals surface area contributed by atoms with Crippen LogP contribution >= 0.6 is 11.6 Å². The SMILES string of the molecule is O=C(COc1ccc(Cl)c(F)c1)NC12CC(NS(=O)(=O)Cc3ccc(F)cc3)(C1)C2. The van der Waals surface area contributed by atoms with Gasteiger partial charge in [0.2, 0.25) is 10.0 Å². The molecular formula is C20H19ClF2N2O4S. The molecule has 3 fully saturated rings. The van der Waals surface area contributed by atoms with Gasteiger partial charge in [0.05, 0.1) is 10.8 Å². The van der Waals surface area contributed by atoms with E-state index in [0.29, 0.717) is 24.8 Å². The van der Waals surface area contributed by atoms with Crippen molar-refractivity contribution in [3.63, 3.8) is 0 Å². The number of carbonyl (C=O) groups is 1. The van der Waals surface area contributed by atoms with Gasteiger partial charge in [-0.15, -0.1) is 0 Å². The number of nitrogens with one attached hydrogen (secondary N) is 2. The van der Waals surface area contributed by atoms with Crippen LogP contribution in [0, 0.1) is 11.6 Å². The lowest BCUT2D eigenvalue weighted by Crippen LogP contribution is -2.83. The molecule has 2 aromatic rings. The second kappa shape index (κ2) is 7.47. The fraction of sp³-hybridized carbons (Fsp3) is 0.350. The van der Waals surface area contributed by atoms with Gasteiger partial charge >= 0.3 is 0 Å². The average molecular weight is 457 g/mol. The molecule has 0 atom stereocenters. The summed E-state index contributed by atoms with van der Waals surface area (Å²) >= 11 is 5.60. The molecule has 6 nitrogen and oxygen atoms in total. The van der Waals surface area contributed by atoms with Gasteiger partial charge in [0, 0.05) is 17.1 Å². The number of carbonyl (C=O) groups excluding carboxylic acids is 1. The number of halogens is 3. The van der Waals surface area contributed by atoms with Crippen LogP contribution < -0.4 is 14.8 Å². The van der Waals surface area contributed by atoms with Crippen molar-refractivity contribution in [2.24, 2.45) is 0 Å². The average Bonchev–Trinajstić information content (AvgIpc) is 2.61. The van der Waals surface area contributed by atoms with E-state index in [-0.39, 0.29) is 29.0 Å². The molecule has 0 aromatic heterocycles. The number of amides is 1. The normalized spacial score (nSPS) is 24.5. The topological polar surface area (TPSA) is 84.5 Å². The Morgan fingerprint density at radius 2 is 1.73 bits per heavy atom. The number of hydrogen-bond acceptors (Lipinski definition) is 4. The lowest BCUT2D eigenvalue weighted by molar-refractivity contribution is -0.139. The molecule has 3 saturated carbocycles. The van der Waals surface area contributed by atoms with E-state index >= 15 is 0 Å². The minimum atomic E-state index is -3.59. The summed E-state index contributed by atoms with van der Waals surface area (Å²) in [6, 6.07) is 9.21. The van der Waals surface area contributed by atoms with E-state index in [1.807, 2.05) is 0 Å². The molecule has 160 valence electrons. The van der Waals surface area contributed by atoms with Crippen molar-refractivity contribution < 1.29 is 26.7 Å². The van der Waals surface area contributed by atoms with Crippen LogP contribution in [0.4, 0.5) is 8.78 Å². The van der Waals surface area contributed by atoms with Gasteiger partial charge in [-0.3, -0.25) is 4.79 Å². The third-order valence-electron chi connectivity index (χ3n) is 5.34. The minimum Gasteiger partial charge on any atom is -0.484 e. The smallest absolute Gasteiger partial charge is 0.258 e. The van der Waals surface area contributed by atoms with Crippen molar-refractivity contribution in [2.75, 3.05) is 6.61 Å². The summed E-state index contributed by atoms with van der Waals surface area (Å²) in [6.07, 6.45) is 1.47. The lowest BCUT2D eigenvalue weighted by atomic mass is 9.44. The van der Waals surface area contributed by atoms with Gasteiger partial charge in [-0.25, -0.2) is 21.9 Å². The molecule has 0 heterocycles. The first-order chi connectivity index (χ1) is 14.1. The number of benzene rings is 2. The first kappa shape index (κ1) is 21.0. The van der Waals surface area contributed by atoms with Crippen molar-refractivity contribution >= 4 is 27.5 Å². The Bertz CT molecular complexity index is 1070. The maximum absolute atomic E-state index is 13.4. The van der Waals surface area contributed by atoms with Crippen LogP contribution in [0.3, 0.4) is 0 Å². The molecule has 2 aromatic carbocycles. The first-order valence-corrected chi connectivity index (χ1v) is 11.3. The fourth-order valence-electron chi connectivity index (χ4n) is 4.24. The highest BCUT2D eigenvalue weighted by atomic mass is 35.5. The van der Waals surface area contributed by atoms with E-state index in [0.717, 1.165) is 6.07 Å². The lowest BCUT2D eigenvalue weighted by Gasteiger charge is -2.70. The van der Waals surface area contributed by atoms with Crippen molar-refractivity contribution in [3.8, 4) is 5.75 Å². The molecule has 0 saturated heterocycles.